The van der Waals surface area contributed by atoms with E-state index in [1.54, 1.807) is 0 Å². The Hall–Kier alpha value is -0.760. The zero-order valence-electron chi connectivity index (χ0n) is 5.99. The molecule has 1 nitrogen and oxygen atoms in total. The van der Waals surface area contributed by atoms with Crippen LogP contribution in [0, 0.1) is 0 Å². The van der Waals surface area contributed by atoms with Crippen LogP contribution in [0.25, 0.3) is 6.08 Å². The van der Waals surface area contributed by atoms with Gasteiger partial charge >= 0.3 is 0 Å². The van der Waals surface area contributed by atoms with Crippen LogP contribution in [0.3, 0.4) is 0 Å². The second-order valence-corrected chi connectivity index (χ2v) is 2.25. The fourth-order valence-corrected chi connectivity index (χ4v) is 1.06. The van der Waals surface area contributed by atoms with Gasteiger partial charge in [0.25, 0.3) is 0 Å². The van der Waals surface area contributed by atoms with Gasteiger partial charge in [-0.15, -0.1) is 17.0 Å². The first-order chi connectivity index (χ1) is 4.97. The summed E-state index contributed by atoms with van der Waals surface area (Å²) in [5.74, 6) is 0.991. The number of hydrogen-bond acceptors (Lipinski definition) is 1. The van der Waals surface area contributed by atoms with E-state index < -0.39 is 0 Å². The predicted octanol–water partition coefficient (Wildman–Crippen LogP) is 2.67. The lowest BCUT2D eigenvalue weighted by molar-refractivity contribution is 0.358. The quantitative estimate of drug-likeness (QED) is 0.643. The Bertz CT molecular complexity index is 268. The van der Waals surface area contributed by atoms with E-state index in [0.29, 0.717) is 6.61 Å². The van der Waals surface area contributed by atoms with Crippen LogP contribution >= 0.6 is 17.0 Å². The summed E-state index contributed by atoms with van der Waals surface area (Å²) in [7, 11) is 0. The Labute approximate surface area is 76.5 Å². The topological polar surface area (TPSA) is 9.23 Å². The third-order valence-electron chi connectivity index (χ3n) is 1.55. The van der Waals surface area contributed by atoms with Crippen LogP contribution in [0.2, 0.25) is 0 Å². The molecule has 2 heteroatoms. The van der Waals surface area contributed by atoms with Gasteiger partial charge in [0, 0.05) is 5.56 Å². The fraction of sp³-hybridized carbons (Fsp3) is 0.111. The van der Waals surface area contributed by atoms with Crippen LogP contribution in [-0.4, -0.2) is 6.61 Å². The normalized spacial score (nSPS) is 12.7. The molecule has 0 saturated carbocycles. The van der Waals surface area contributed by atoms with E-state index in [1.165, 1.54) is 5.56 Å². The van der Waals surface area contributed by atoms with Gasteiger partial charge in [-0.05, 0) is 12.1 Å². The molecule has 1 heterocycles. The minimum atomic E-state index is 0. The smallest absolute Gasteiger partial charge is 0.126 e. The van der Waals surface area contributed by atoms with Crippen LogP contribution in [0.15, 0.2) is 30.3 Å². The van der Waals surface area contributed by atoms with E-state index in [9.17, 15) is 0 Å². The Morgan fingerprint density at radius 2 is 2.00 bits per heavy atom. The molecule has 0 unspecified atom stereocenters. The third-order valence-corrected chi connectivity index (χ3v) is 1.55. The molecule has 0 N–H and O–H groups in total. The van der Waals surface area contributed by atoms with Crippen molar-refractivity contribution in [3.63, 3.8) is 0 Å². The van der Waals surface area contributed by atoms with E-state index in [2.05, 4.69) is 6.08 Å². The highest BCUT2D eigenvalue weighted by atomic mass is 79.9. The highest BCUT2D eigenvalue weighted by molar-refractivity contribution is 8.93. The fourth-order valence-electron chi connectivity index (χ4n) is 1.06. The molecule has 58 valence electrons. The van der Waals surface area contributed by atoms with Crippen molar-refractivity contribution in [2.45, 2.75) is 0 Å². The molecule has 1 aliphatic rings. The van der Waals surface area contributed by atoms with Gasteiger partial charge in [-0.2, -0.15) is 0 Å². The maximum atomic E-state index is 5.34. The van der Waals surface area contributed by atoms with Crippen molar-refractivity contribution < 1.29 is 4.74 Å². The number of para-hydroxylation sites is 1. The molecule has 0 atom stereocenters. The van der Waals surface area contributed by atoms with E-state index >= 15 is 0 Å². The van der Waals surface area contributed by atoms with E-state index in [-0.39, 0.29) is 17.0 Å². The van der Waals surface area contributed by atoms with Gasteiger partial charge in [-0.3, -0.25) is 0 Å². The minimum Gasteiger partial charge on any atom is -0.489 e. The van der Waals surface area contributed by atoms with Crippen molar-refractivity contribution in [1.29, 1.82) is 0 Å². The summed E-state index contributed by atoms with van der Waals surface area (Å²) in [6.45, 7) is 0.705. The summed E-state index contributed by atoms with van der Waals surface area (Å²) in [6.07, 6.45) is 4.10. The summed E-state index contributed by atoms with van der Waals surface area (Å²) in [5.41, 5.74) is 1.17. The van der Waals surface area contributed by atoms with E-state index in [0.717, 1.165) is 5.75 Å². The first-order valence-corrected chi connectivity index (χ1v) is 3.35. The van der Waals surface area contributed by atoms with Gasteiger partial charge in [-0.25, -0.2) is 0 Å². The average molecular weight is 213 g/mol. The predicted molar refractivity (Wildman–Crippen MR) is 51.3 cm³/mol. The Balaban J connectivity index is 0.000000605. The van der Waals surface area contributed by atoms with Gasteiger partial charge < -0.3 is 4.74 Å². The molecule has 0 fully saturated rings. The number of halogens is 1. The van der Waals surface area contributed by atoms with Gasteiger partial charge in [0.1, 0.15) is 12.4 Å². The second kappa shape index (κ2) is 3.58. The van der Waals surface area contributed by atoms with Crippen molar-refractivity contribution in [3.05, 3.63) is 35.9 Å². The molecule has 11 heavy (non-hydrogen) atoms. The minimum absolute atomic E-state index is 0. The standard InChI is InChI=1S/C9H8O.BrH/c1-2-6-9-8(4-1)5-3-7-10-9;/h1-6H,7H2;1H. The lowest BCUT2D eigenvalue weighted by Gasteiger charge is -2.10. The van der Waals surface area contributed by atoms with Crippen molar-refractivity contribution in [3.8, 4) is 5.75 Å². The van der Waals surface area contributed by atoms with E-state index in [1.807, 2.05) is 30.3 Å². The zero-order valence-corrected chi connectivity index (χ0v) is 7.70. The summed E-state index contributed by atoms with van der Waals surface area (Å²) >= 11 is 0. The number of rotatable bonds is 0. The first kappa shape index (κ1) is 8.34. The number of ether oxygens (including phenoxy) is 1. The molecular formula is C9H9BrO. The van der Waals surface area contributed by atoms with Crippen molar-refractivity contribution in [2.24, 2.45) is 0 Å². The van der Waals surface area contributed by atoms with Crippen LogP contribution in [0.1, 0.15) is 5.56 Å². The van der Waals surface area contributed by atoms with Crippen LogP contribution in [0.4, 0.5) is 0 Å². The zero-order chi connectivity index (χ0) is 6.81. The summed E-state index contributed by atoms with van der Waals surface area (Å²) < 4.78 is 5.34. The summed E-state index contributed by atoms with van der Waals surface area (Å²) in [5, 5.41) is 0. The van der Waals surface area contributed by atoms with E-state index in [4.69, 9.17) is 4.74 Å². The van der Waals surface area contributed by atoms with Gasteiger partial charge in [0.2, 0.25) is 0 Å². The Morgan fingerprint density at radius 1 is 1.18 bits per heavy atom. The van der Waals surface area contributed by atoms with Gasteiger partial charge in [0.05, 0.1) is 0 Å². The summed E-state index contributed by atoms with van der Waals surface area (Å²) in [6, 6.07) is 8.03. The molecule has 0 saturated heterocycles. The van der Waals surface area contributed by atoms with Gasteiger partial charge in [-0.1, -0.05) is 24.3 Å². The molecule has 0 radical (unpaired) electrons. The Morgan fingerprint density at radius 3 is 2.82 bits per heavy atom. The maximum Gasteiger partial charge on any atom is 0.126 e. The molecule has 0 aliphatic carbocycles. The molecule has 2 rings (SSSR count). The SMILES string of the molecule is Br.C1=Cc2ccccc2OC1. The highest BCUT2D eigenvalue weighted by Gasteiger charge is 2.01. The monoisotopic (exact) mass is 212 g/mol. The molecule has 1 aliphatic heterocycles. The van der Waals surface area contributed by atoms with Crippen molar-refractivity contribution in [2.75, 3.05) is 6.61 Å². The number of hydrogen-bond donors (Lipinski definition) is 0. The van der Waals surface area contributed by atoms with Crippen LogP contribution in [0.5, 0.6) is 5.75 Å². The number of benzene rings is 1. The lowest BCUT2D eigenvalue weighted by Crippen LogP contribution is -1.98. The largest absolute Gasteiger partial charge is 0.489 e. The van der Waals surface area contributed by atoms with Crippen molar-refractivity contribution >= 4 is 23.1 Å². The van der Waals surface area contributed by atoms with Crippen LogP contribution < -0.4 is 4.74 Å². The third kappa shape index (κ3) is 1.63. The molecular weight excluding hydrogens is 204 g/mol. The molecule has 0 spiro atoms. The second-order valence-electron chi connectivity index (χ2n) is 2.25. The molecule has 0 aromatic heterocycles. The first-order valence-electron chi connectivity index (χ1n) is 3.35. The molecule has 1 aromatic carbocycles. The molecule has 0 amide bonds. The molecule has 1 aromatic rings. The number of fused-ring (bicyclic) bond motifs is 1. The van der Waals surface area contributed by atoms with Crippen LogP contribution in [-0.2, 0) is 0 Å². The lowest BCUT2D eigenvalue weighted by atomic mass is 10.1. The summed E-state index contributed by atoms with van der Waals surface area (Å²) in [4.78, 5) is 0. The van der Waals surface area contributed by atoms with Gasteiger partial charge in [0.15, 0.2) is 0 Å². The van der Waals surface area contributed by atoms with Crippen molar-refractivity contribution in [1.82, 2.24) is 0 Å². The maximum absolute atomic E-state index is 5.34. The average Bonchev–Trinajstić information content (AvgIpc) is 2.05. The highest BCUT2D eigenvalue weighted by Crippen LogP contribution is 2.21. The molecule has 0 bridgehead atoms. The Kier molecular flexibility index (Phi) is 2.71.